The summed E-state index contributed by atoms with van der Waals surface area (Å²) in [5.41, 5.74) is 0. The van der Waals surface area contributed by atoms with Gasteiger partial charge in [-0.3, -0.25) is 9.69 Å². The number of nitrogens with zero attached hydrogens (tertiary/aromatic N) is 2. The SMILES string of the molecule is C[C@H](C(=O)NS(=O)(=O)c1nccs1)N(C)CC(F)(F)F. The molecule has 1 atom stereocenters. The summed E-state index contributed by atoms with van der Waals surface area (Å²) in [5, 5.41) is 1.40. The van der Waals surface area contributed by atoms with Crippen LogP contribution in [0.15, 0.2) is 15.9 Å². The Balaban J connectivity index is 2.72. The molecule has 114 valence electrons. The molecule has 0 unspecified atom stereocenters. The van der Waals surface area contributed by atoms with E-state index >= 15 is 0 Å². The third-order valence-corrected chi connectivity index (χ3v) is 4.89. The van der Waals surface area contributed by atoms with Gasteiger partial charge in [-0.05, 0) is 14.0 Å². The largest absolute Gasteiger partial charge is 0.401 e. The molecule has 0 fully saturated rings. The fraction of sp³-hybridized carbons (Fsp3) is 0.556. The fourth-order valence-corrected chi connectivity index (χ4v) is 3.10. The van der Waals surface area contributed by atoms with Gasteiger partial charge in [0.1, 0.15) is 0 Å². The van der Waals surface area contributed by atoms with Crippen molar-refractivity contribution in [1.29, 1.82) is 0 Å². The number of aromatic nitrogens is 1. The summed E-state index contributed by atoms with van der Waals surface area (Å²) >= 11 is 0.795. The molecule has 1 heterocycles. The molecule has 0 bridgehead atoms. The van der Waals surface area contributed by atoms with Crippen LogP contribution in [0.2, 0.25) is 0 Å². The van der Waals surface area contributed by atoms with Gasteiger partial charge in [0.15, 0.2) is 0 Å². The number of rotatable bonds is 5. The van der Waals surface area contributed by atoms with Gasteiger partial charge >= 0.3 is 6.18 Å². The van der Waals surface area contributed by atoms with Crippen LogP contribution in [0.1, 0.15) is 6.92 Å². The van der Waals surface area contributed by atoms with Crippen LogP contribution in [0.3, 0.4) is 0 Å². The zero-order chi connectivity index (χ0) is 15.6. The van der Waals surface area contributed by atoms with E-state index in [1.807, 2.05) is 0 Å². The number of amides is 1. The molecule has 11 heteroatoms. The fourth-order valence-electron chi connectivity index (χ4n) is 1.22. The monoisotopic (exact) mass is 331 g/mol. The predicted octanol–water partition coefficient (Wildman–Crippen LogP) is 0.831. The number of alkyl halides is 3. The van der Waals surface area contributed by atoms with E-state index in [2.05, 4.69) is 4.98 Å². The van der Waals surface area contributed by atoms with E-state index in [0.29, 0.717) is 4.90 Å². The molecule has 1 N–H and O–H groups in total. The standard InChI is InChI=1S/C9H12F3N3O3S2/c1-6(15(2)5-9(10,11)12)7(16)14-20(17,18)8-13-3-4-19-8/h3-4,6H,5H2,1-2H3,(H,14,16)/t6-/m1/s1. The van der Waals surface area contributed by atoms with Crippen LogP contribution >= 0.6 is 11.3 Å². The van der Waals surface area contributed by atoms with Gasteiger partial charge in [0.2, 0.25) is 4.34 Å². The zero-order valence-corrected chi connectivity index (χ0v) is 12.1. The summed E-state index contributed by atoms with van der Waals surface area (Å²) in [6, 6.07) is -1.26. The Morgan fingerprint density at radius 1 is 1.55 bits per heavy atom. The maximum absolute atomic E-state index is 12.2. The predicted molar refractivity (Wildman–Crippen MR) is 65.6 cm³/mol. The number of hydrogen-bond acceptors (Lipinski definition) is 6. The number of halogens is 3. The average Bonchev–Trinajstić information content (AvgIpc) is 2.78. The van der Waals surface area contributed by atoms with Gasteiger partial charge in [0.25, 0.3) is 15.9 Å². The zero-order valence-electron chi connectivity index (χ0n) is 10.5. The number of hydrogen-bond donors (Lipinski definition) is 1. The van der Waals surface area contributed by atoms with E-state index in [1.54, 1.807) is 4.72 Å². The van der Waals surface area contributed by atoms with E-state index in [9.17, 15) is 26.4 Å². The van der Waals surface area contributed by atoms with E-state index < -0.39 is 34.7 Å². The minimum absolute atomic E-state index is 0.323. The Bertz CT molecular complexity index is 557. The van der Waals surface area contributed by atoms with Crippen LogP contribution < -0.4 is 4.72 Å². The smallest absolute Gasteiger partial charge is 0.287 e. The third kappa shape index (κ3) is 4.72. The van der Waals surface area contributed by atoms with Crippen molar-refractivity contribution in [1.82, 2.24) is 14.6 Å². The molecule has 0 aromatic carbocycles. The molecular formula is C9H12F3N3O3S2. The summed E-state index contributed by atoms with van der Waals surface area (Å²) in [4.78, 5) is 15.9. The van der Waals surface area contributed by atoms with Crippen LogP contribution in [0.4, 0.5) is 13.2 Å². The number of nitrogens with one attached hydrogen (secondary N) is 1. The minimum Gasteiger partial charge on any atom is -0.287 e. The first-order valence-corrected chi connectivity index (χ1v) is 7.62. The van der Waals surface area contributed by atoms with Gasteiger partial charge in [-0.15, -0.1) is 11.3 Å². The van der Waals surface area contributed by atoms with Gasteiger partial charge in [-0.1, -0.05) is 0 Å². The van der Waals surface area contributed by atoms with E-state index in [1.165, 1.54) is 18.5 Å². The highest BCUT2D eigenvalue weighted by atomic mass is 32.2. The lowest BCUT2D eigenvalue weighted by Gasteiger charge is -2.24. The Labute approximate surface area is 117 Å². The van der Waals surface area contributed by atoms with E-state index in [-0.39, 0.29) is 4.34 Å². The molecule has 0 spiro atoms. The number of carbonyl (C=O) groups excluding carboxylic acids is 1. The molecule has 1 rings (SSSR count). The van der Waals surface area contributed by atoms with Gasteiger partial charge in [-0.25, -0.2) is 9.71 Å². The normalized spacial score (nSPS) is 14.3. The molecule has 0 radical (unpaired) electrons. The number of carbonyl (C=O) groups is 1. The van der Waals surface area contributed by atoms with Gasteiger partial charge in [0.05, 0.1) is 12.6 Å². The Morgan fingerprint density at radius 3 is 2.60 bits per heavy atom. The van der Waals surface area contributed by atoms with Crippen molar-refractivity contribution in [3.8, 4) is 0 Å². The van der Waals surface area contributed by atoms with Gasteiger partial charge < -0.3 is 0 Å². The quantitative estimate of drug-likeness (QED) is 0.864. The van der Waals surface area contributed by atoms with Crippen LogP contribution in [-0.2, 0) is 14.8 Å². The summed E-state index contributed by atoms with van der Waals surface area (Å²) in [6.45, 7) is -0.142. The van der Waals surface area contributed by atoms with Crippen molar-refractivity contribution in [2.45, 2.75) is 23.5 Å². The Morgan fingerprint density at radius 2 is 2.15 bits per heavy atom. The number of sulfonamides is 1. The molecular weight excluding hydrogens is 319 g/mol. The second-order valence-corrected chi connectivity index (χ2v) is 6.72. The Kier molecular flexibility index (Phi) is 5.10. The lowest BCUT2D eigenvalue weighted by atomic mass is 10.3. The molecule has 0 saturated carbocycles. The first-order chi connectivity index (χ1) is 9.03. The minimum atomic E-state index is -4.47. The second-order valence-electron chi connectivity index (χ2n) is 3.97. The highest BCUT2D eigenvalue weighted by molar-refractivity contribution is 7.92. The van der Waals surface area contributed by atoms with Crippen molar-refractivity contribution in [3.05, 3.63) is 11.6 Å². The lowest BCUT2D eigenvalue weighted by Crippen LogP contribution is -2.47. The van der Waals surface area contributed by atoms with Crippen LogP contribution in [0, 0.1) is 0 Å². The summed E-state index contributed by atoms with van der Waals surface area (Å²) in [6.07, 6.45) is -3.24. The van der Waals surface area contributed by atoms with Crippen LogP contribution in [0.25, 0.3) is 0 Å². The molecule has 1 aromatic heterocycles. The van der Waals surface area contributed by atoms with Crippen molar-refractivity contribution < 1.29 is 26.4 Å². The molecule has 0 aliphatic carbocycles. The topological polar surface area (TPSA) is 79.4 Å². The van der Waals surface area contributed by atoms with Crippen molar-refractivity contribution in [3.63, 3.8) is 0 Å². The van der Waals surface area contributed by atoms with Gasteiger partial charge in [-0.2, -0.15) is 21.6 Å². The molecule has 6 nitrogen and oxygen atoms in total. The van der Waals surface area contributed by atoms with Crippen LogP contribution in [0.5, 0.6) is 0 Å². The number of thiazole rings is 1. The molecule has 20 heavy (non-hydrogen) atoms. The van der Waals surface area contributed by atoms with Gasteiger partial charge in [0, 0.05) is 11.6 Å². The van der Waals surface area contributed by atoms with Crippen molar-refractivity contribution >= 4 is 27.3 Å². The third-order valence-electron chi connectivity index (χ3n) is 2.34. The maximum Gasteiger partial charge on any atom is 0.401 e. The van der Waals surface area contributed by atoms with Crippen molar-refractivity contribution in [2.24, 2.45) is 0 Å². The molecule has 0 aliphatic heterocycles. The molecule has 1 aromatic rings. The van der Waals surface area contributed by atoms with E-state index in [4.69, 9.17) is 0 Å². The number of likely N-dealkylation sites (N-methyl/N-ethyl adjacent to an activating group) is 1. The van der Waals surface area contributed by atoms with Crippen LogP contribution in [-0.4, -0.2) is 50.0 Å². The van der Waals surface area contributed by atoms with E-state index in [0.717, 1.165) is 18.4 Å². The average molecular weight is 331 g/mol. The molecule has 0 aliphatic rings. The first kappa shape index (κ1) is 16.9. The molecule has 1 amide bonds. The second kappa shape index (κ2) is 6.06. The maximum atomic E-state index is 12.2. The summed E-state index contributed by atoms with van der Waals surface area (Å²) in [7, 11) is -3.06. The molecule has 0 saturated heterocycles. The summed E-state index contributed by atoms with van der Waals surface area (Å²) in [5.74, 6) is -1.05. The van der Waals surface area contributed by atoms with Crippen molar-refractivity contribution in [2.75, 3.05) is 13.6 Å². The summed E-state index contributed by atoms with van der Waals surface area (Å²) < 4.78 is 61.3. The highest BCUT2D eigenvalue weighted by Crippen LogP contribution is 2.17. The Hall–Kier alpha value is -1.20. The first-order valence-electron chi connectivity index (χ1n) is 5.26. The highest BCUT2D eigenvalue weighted by Gasteiger charge is 2.34. The lowest BCUT2D eigenvalue weighted by molar-refractivity contribution is -0.150.